The smallest absolute Gasteiger partial charge is 0.0251 e. The van der Waals surface area contributed by atoms with E-state index in [0.29, 0.717) is 0 Å². The largest absolute Gasteiger partial charge is 0.0877 e. The van der Waals surface area contributed by atoms with Gasteiger partial charge in [0.2, 0.25) is 0 Å². The molecule has 0 aliphatic carbocycles. The van der Waals surface area contributed by atoms with Gasteiger partial charge >= 0.3 is 0 Å². The van der Waals surface area contributed by atoms with E-state index in [2.05, 4.69) is 25.3 Å². The van der Waals surface area contributed by atoms with Gasteiger partial charge in [-0.1, -0.05) is 30.6 Å². The van der Waals surface area contributed by atoms with E-state index in [1.807, 2.05) is 31.2 Å². The van der Waals surface area contributed by atoms with Crippen molar-refractivity contribution in [3.8, 4) is 11.8 Å². The normalized spacial score (nSPS) is 8.50. The first-order chi connectivity index (χ1) is 5.68. The summed E-state index contributed by atoms with van der Waals surface area (Å²) in [5.74, 6) is 5.91. The molecule has 0 N–H and O–H groups in total. The fourth-order valence-corrected chi connectivity index (χ4v) is 0.828. The van der Waals surface area contributed by atoms with Crippen molar-refractivity contribution in [1.82, 2.24) is 0 Å². The Hall–Kier alpha value is -1.48. The van der Waals surface area contributed by atoms with Crippen molar-refractivity contribution in [1.29, 1.82) is 0 Å². The van der Waals surface area contributed by atoms with Gasteiger partial charge in [-0.05, 0) is 37.1 Å². The molecule has 1 aromatic carbocycles. The zero-order valence-electron chi connectivity index (χ0n) is 7.22. The molecule has 0 aromatic heterocycles. The predicted octanol–water partition coefficient (Wildman–Crippen LogP) is 2.80. The van der Waals surface area contributed by atoms with Gasteiger partial charge < -0.3 is 0 Å². The van der Waals surface area contributed by atoms with E-state index < -0.39 is 0 Å². The highest BCUT2D eigenvalue weighted by Gasteiger charge is 1.85. The van der Waals surface area contributed by atoms with Crippen LogP contribution in [0.1, 0.15) is 18.1 Å². The van der Waals surface area contributed by atoms with Gasteiger partial charge in [-0.15, -0.1) is 0 Å². The van der Waals surface area contributed by atoms with Crippen LogP contribution in [0.25, 0.3) is 0 Å². The van der Waals surface area contributed by atoms with Crippen molar-refractivity contribution < 1.29 is 0 Å². The lowest BCUT2D eigenvalue weighted by Gasteiger charge is -1.91. The summed E-state index contributed by atoms with van der Waals surface area (Å²) < 4.78 is 0. The van der Waals surface area contributed by atoms with Gasteiger partial charge in [0.15, 0.2) is 0 Å². The third kappa shape index (κ3) is 2.64. The minimum atomic E-state index is 0.879. The monoisotopic (exact) mass is 155 g/mol. The minimum absolute atomic E-state index is 0.879. The SMILES string of the molecule is [CH2]c1cccc(C#CC(=C)C)c1. The second kappa shape index (κ2) is 3.78. The Morgan fingerprint density at radius 1 is 1.42 bits per heavy atom. The van der Waals surface area contributed by atoms with Crippen LogP contribution in [0.5, 0.6) is 0 Å². The zero-order valence-corrected chi connectivity index (χ0v) is 7.22. The van der Waals surface area contributed by atoms with Crippen LogP contribution in [0.15, 0.2) is 36.4 Å². The molecule has 0 unspecified atom stereocenters. The second-order valence-corrected chi connectivity index (χ2v) is 2.73. The Bertz CT molecular complexity index is 348. The van der Waals surface area contributed by atoms with Gasteiger partial charge in [0.05, 0.1) is 0 Å². The van der Waals surface area contributed by atoms with Crippen LogP contribution in [-0.4, -0.2) is 0 Å². The molecule has 0 aliphatic heterocycles. The summed E-state index contributed by atoms with van der Waals surface area (Å²) in [7, 11) is 0. The van der Waals surface area contributed by atoms with Gasteiger partial charge in [-0.2, -0.15) is 0 Å². The number of hydrogen-bond donors (Lipinski definition) is 0. The maximum absolute atomic E-state index is 3.82. The van der Waals surface area contributed by atoms with Crippen LogP contribution in [0, 0.1) is 18.8 Å². The molecule has 0 fully saturated rings. The summed E-state index contributed by atoms with van der Waals surface area (Å²) in [6, 6.07) is 7.82. The highest BCUT2D eigenvalue weighted by Crippen LogP contribution is 2.01. The summed E-state index contributed by atoms with van der Waals surface area (Å²) in [6.07, 6.45) is 0. The quantitative estimate of drug-likeness (QED) is 0.505. The fourth-order valence-electron chi connectivity index (χ4n) is 0.828. The summed E-state index contributed by atoms with van der Waals surface area (Å²) in [5.41, 5.74) is 2.86. The summed E-state index contributed by atoms with van der Waals surface area (Å²) in [5, 5.41) is 0. The molecule has 0 atom stereocenters. The molecule has 12 heavy (non-hydrogen) atoms. The molecular weight excluding hydrogens is 144 g/mol. The predicted molar refractivity (Wildman–Crippen MR) is 52.6 cm³/mol. The first-order valence-corrected chi connectivity index (χ1v) is 3.78. The second-order valence-electron chi connectivity index (χ2n) is 2.73. The zero-order chi connectivity index (χ0) is 8.97. The topological polar surface area (TPSA) is 0 Å². The molecule has 0 saturated heterocycles. The number of benzene rings is 1. The lowest BCUT2D eigenvalue weighted by molar-refractivity contribution is 1.56. The van der Waals surface area contributed by atoms with Crippen molar-refractivity contribution in [3.63, 3.8) is 0 Å². The molecule has 0 amide bonds. The Balaban J connectivity index is 2.92. The van der Waals surface area contributed by atoms with Crippen LogP contribution >= 0.6 is 0 Å². The van der Waals surface area contributed by atoms with Gasteiger partial charge in [-0.3, -0.25) is 0 Å². The van der Waals surface area contributed by atoms with E-state index in [-0.39, 0.29) is 0 Å². The highest BCUT2D eigenvalue weighted by atomic mass is 13.9. The molecule has 0 bridgehead atoms. The van der Waals surface area contributed by atoms with Crippen LogP contribution in [0.4, 0.5) is 0 Å². The van der Waals surface area contributed by atoms with Crippen LogP contribution < -0.4 is 0 Å². The average Bonchev–Trinajstić information content (AvgIpc) is 2.01. The van der Waals surface area contributed by atoms with Crippen molar-refractivity contribution in [2.45, 2.75) is 6.92 Å². The standard InChI is InChI=1S/C12H11/c1-10(2)7-8-12-6-4-5-11(3)9-12/h4-6,9H,1,3H2,2H3. The van der Waals surface area contributed by atoms with Gasteiger partial charge in [0, 0.05) is 5.56 Å². The molecular formula is C12H11. The highest BCUT2D eigenvalue weighted by molar-refractivity contribution is 5.41. The maximum atomic E-state index is 3.82. The molecule has 0 spiro atoms. The van der Waals surface area contributed by atoms with Gasteiger partial charge in [0.25, 0.3) is 0 Å². The lowest BCUT2D eigenvalue weighted by atomic mass is 10.1. The maximum Gasteiger partial charge on any atom is 0.0251 e. The number of hydrogen-bond acceptors (Lipinski definition) is 0. The van der Waals surface area contributed by atoms with Crippen LogP contribution in [0.3, 0.4) is 0 Å². The Morgan fingerprint density at radius 3 is 2.75 bits per heavy atom. The summed E-state index contributed by atoms with van der Waals surface area (Å²) >= 11 is 0. The lowest BCUT2D eigenvalue weighted by Crippen LogP contribution is -1.75. The third-order valence-electron chi connectivity index (χ3n) is 1.35. The molecule has 0 nitrogen and oxygen atoms in total. The van der Waals surface area contributed by atoms with Crippen molar-refractivity contribution >= 4 is 0 Å². The third-order valence-corrected chi connectivity index (χ3v) is 1.35. The van der Waals surface area contributed by atoms with Crippen molar-refractivity contribution in [3.05, 3.63) is 54.5 Å². The molecule has 0 saturated carbocycles. The molecule has 0 heteroatoms. The van der Waals surface area contributed by atoms with E-state index in [1.165, 1.54) is 0 Å². The van der Waals surface area contributed by atoms with Crippen molar-refractivity contribution in [2.24, 2.45) is 0 Å². The van der Waals surface area contributed by atoms with E-state index in [1.54, 1.807) is 0 Å². The van der Waals surface area contributed by atoms with E-state index in [4.69, 9.17) is 0 Å². The van der Waals surface area contributed by atoms with E-state index in [0.717, 1.165) is 16.7 Å². The Morgan fingerprint density at radius 2 is 2.17 bits per heavy atom. The molecule has 1 aromatic rings. The van der Waals surface area contributed by atoms with Gasteiger partial charge in [0.1, 0.15) is 0 Å². The first-order valence-electron chi connectivity index (χ1n) is 3.78. The molecule has 1 rings (SSSR count). The summed E-state index contributed by atoms with van der Waals surface area (Å²) in [6.45, 7) is 9.41. The fraction of sp³-hybridized carbons (Fsp3) is 0.0833. The number of allylic oxidation sites excluding steroid dienone is 1. The Labute approximate surface area is 73.9 Å². The minimum Gasteiger partial charge on any atom is -0.0877 e. The number of rotatable bonds is 0. The van der Waals surface area contributed by atoms with Crippen LogP contribution in [-0.2, 0) is 0 Å². The van der Waals surface area contributed by atoms with Crippen molar-refractivity contribution in [2.75, 3.05) is 0 Å². The Kier molecular flexibility index (Phi) is 2.71. The average molecular weight is 155 g/mol. The van der Waals surface area contributed by atoms with Gasteiger partial charge in [-0.25, -0.2) is 0 Å². The van der Waals surface area contributed by atoms with Crippen LogP contribution in [0.2, 0.25) is 0 Å². The van der Waals surface area contributed by atoms with E-state index >= 15 is 0 Å². The molecule has 1 radical (unpaired) electrons. The molecule has 0 aliphatic rings. The van der Waals surface area contributed by atoms with E-state index in [9.17, 15) is 0 Å². The molecule has 59 valence electrons. The summed E-state index contributed by atoms with van der Waals surface area (Å²) in [4.78, 5) is 0. The molecule has 0 heterocycles. The first kappa shape index (κ1) is 8.62.